The van der Waals surface area contributed by atoms with Gasteiger partial charge in [-0.25, -0.2) is 4.79 Å². The second-order valence-electron chi connectivity index (χ2n) is 6.67. The molecule has 0 spiro atoms. The molecular weight excluding hydrogens is 246 g/mol. The van der Waals surface area contributed by atoms with Crippen LogP contribution < -0.4 is 0 Å². The summed E-state index contributed by atoms with van der Waals surface area (Å²) in [7, 11) is 0. The van der Waals surface area contributed by atoms with Gasteiger partial charge in [0, 0.05) is 0 Å². The standard InChI is InChI=1S/C18H23NO/c1-14-6-8-15(9-7-14)16-4-2-5-17(12-16)18(19-13-20)10-3-11-18/h2,4-5,12,14-15H,3,6-11H2,1H3. The second-order valence-corrected chi connectivity index (χ2v) is 6.67. The minimum Gasteiger partial charge on any atom is -0.211 e. The van der Waals surface area contributed by atoms with Gasteiger partial charge in [-0.2, -0.15) is 4.99 Å². The first kappa shape index (κ1) is 13.6. The van der Waals surface area contributed by atoms with Gasteiger partial charge in [0.25, 0.3) is 0 Å². The molecule has 0 N–H and O–H groups in total. The zero-order valence-corrected chi connectivity index (χ0v) is 12.3. The first-order valence-electron chi connectivity index (χ1n) is 7.93. The number of nitrogens with zero attached hydrogens (tertiary/aromatic N) is 1. The predicted molar refractivity (Wildman–Crippen MR) is 80.5 cm³/mol. The maximum atomic E-state index is 10.7. The fourth-order valence-corrected chi connectivity index (χ4v) is 3.74. The Morgan fingerprint density at radius 2 is 1.95 bits per heavy atom. The molecule has 1 aromatic carbocycles. The van der Waals surface area contributed by atoms with Crippen LogP contribution in [-0.2, 0) is 10.3 Å². The third-order valence-electron chi connectivity index (χ3n) is 5.35. The third-order valence-corrected chi connectivity index (χ3v) is 5.35. The molecule has 0 unspecified atom stereocenters. The van der Waals surface area contributed by atoms with Crippen molar-refractivity contribution in [2.75, 3.05) is 0 Å². The molecule has 0 aromatic heterocycles. The maximum Gasteiger partial charge on any atom is 0.235 e. The molecule has 0 heterocycles. The number of benzene rings is 1. The van der Waals surface area contributed by atoms with Gasteiger partial charge in [-0.05, 0) is 55.1 Å². The highest BCUT2D eigenvalue weighted by Gasteiger charge is 2.39. The highest BCUT2D eigenvalue weighted by atomic mass is 16.1. The van der Waals surface area contributed by atoms with E-state index in [2.05, 4.69) is 36.2 Å². The topological polar surface area (TPSA) is 29.4 Å². The van der Waals surface area contributed by atoms with Crippen molar-refractivity contribution in [1.82, 2.24) is 0 Å². The summed E-state index contributed by atoms with van der Waals surface area (Å²) < 4.78 is 0. The summed E-state index contributed by atoms with van der Waals surface area (Å²) >= 11 is 0. The van der Waals surface area contributed by atoms with E-state index in [-0.39, 0.29) is 5.54 Å². The number of rotatable bonds is 3. The van der Waals surface area contributed by atoms with Crippen molar-refractivity contribution in [2.45, 2.75) is 63.3 Å². The van der Waals surface area contributed by atoms with E-state index < -0.39 is 0 Å². The molecule has 0 amide bonds. The molecular formula is C18H23NO. The SMILES string of the molecule is CC1CCC(c2cccc(C3(N=C=O)CCC3)c2)CC1. The highest BCUT2D eigenvalue weighted by Crippen LogP contribution is 2.46. The predicted octanol–water partition coefficient (Wildman–Crippen LogP) is 4.70. The molecule has 0 bridgehead atoms. The van der Waals surface area contributed by atoms with Crippen LogP contribution in [0.5, 0.6) is 0 Å². The molecule has 3 rings (SSSR count). The fraction of sp³-hybridized carbons (Fsp3) is 0.611. The van der Waals surface area contributed by atoms with Crippen LogP contribution in [0.2, 0.25) is 0 Å². The largest absolute Gasteiger partial charge is 0.235 e. The van der Waals surface area contributed by atoms with Crippen molar-refractivity contribution < 1.29 is 4.79 Å². The van der Waals surface area contributed by atoms with Gasteiger partial charge in [0.15, 0.2) is 0 Å². The van der Waals surface area contributed by atoms with E-state index in [1.54, 1.807) is 6.08 Å². The molecule has 0 atom stereocenters. The summed E-state index contributed by atoms with van der Waals surface area (Å²) in [6, 6.07) is 8.83. The summed E-state index contributed by atoms with van der Waals surface area (Å²) in [4.78, 5) is 14.8. The monoisotopic (exact) mass is 269 g/mol. The van der Waals surface area contributed by atoms with E-state index >= 15 is 0 Å². The molecule has 1 aromatic rings. The quantitative estimate of drug-likeness (QED) is 0.578. The Labute approximate surface area is 121 Å². The normalized spacial score (nSPS) is 28.2. The zero-order chi connectivity index (χ0) is 14.0. The van der Waals surface area contributed by atoms with Crippen LogP contribution in [0.1, 0.15) is 68.9 Å². The van der Waals surface area contributed by atoms with Crippen molar-refractivity contribution in [1.29, 1.82) is 0 Å². The lowest BCUT2D eigenvalue weighted by Crippen LogP contribution is -2.32. The van der Waals surface area contributed by atoms with Crippen LogP contribution in [0.3, 0.4) is 0 Å². The molecule has 2 saturated carbocycles. The number of carbonyl (C=O) groups excluding carboxylic acids is 1. The molecule has 2 fully saturated rings. The van der Waals surface area contributed by atoms with E-state index in [0.717, 1.165) is 25.2 Å². The molecule has 2 heteroatoms. The van der Waals surface area contributed by atoms with E-state index in [9.17, 15) is 4.79 Å². The van der Waals surface area contributed by atoms with E-state index in [4.69, 9.17) is 0 Å². The van der Waals surface area contributed by atoms with Crippen molar-refractivity contribution in [3.8, 4) is 0 Å². The lowest BCUT2D eigenvalue weighted by atomic mass is 9.71. The van der Waals surface area contributed by atoms with E-state index in [1.807, 2.05) is 0 Å². The molecule has 106 valence electrons. The molecule has 0 saturated heterocycles. The Kier molecular flexibility index (Phi) is 3.76. The van der Waals surface area contributed by atoms with Crippen LogP contribution in [0.15, 0.2) is 29.3 Å². The zero-order valence-electron chi connectivity index (χ0n) is 12.3. The van der Waals surface area contributed by atoms with Gasteiger partial charge in [-0.15, -0.1) is 0 Å². The Morgan fingerprint density at radius 3 is 2.55 bits per heavy atom. The van der Waals surface area contributed by atoms with Crippen molar-refractivity contribution in [2.24, 2.45) is 10.9 Å². The van der Waals surface area contributed by atoms with Crippen LogP contribution in [0.25, 0.3) is 0 Å². The minimum absolute atomic E-state index is 0.250. The Morgan fingerprint density at radius 1 is 1.20 bits per heavy atom. The lowest BCUT2D eigenvalue weighted by molar-refractivity contribution is 0.255. The van der Waals surface area contributed by atoms with Gasteiger partial charge in [0.05, 0.1) is 5.54 Å². The number of hydrogen-bond donors (Lipinski definition) is 0. The molecule has 2 nitrogen and oxygen atoms in total. The van der Waals surface area contributed by atoms with Crippen LogP contribution in [0, 0.1) is 5.92 Å². The lowest BCUT2D eigenvalue weighted by Gasteiger charge is -2.37. The molecule has 0 radical (unpaired) electrons. The fourth-order valence-electron chi connectivity index (χ4n) is 3.74. The Hall–Kier alpha value is -1.40. The smallest absolute Gasteiger partial charge is 0.211 e. The Balaban J connectivity index is 1.84. The molecule has 20 heavy (non-hydrogen) atoms. The number of isocyanates is 1. The summed E-state index contributed by atoms with van der Waals surface area (Å²) in [6.07, 6.45) is 10.2. The minimum atomic E-state index is -0.250. The summed E-state index contributed by atoms with van der Waals surface area (Å²) in [6.45, 7) is 2.36. The van der Waals surface area contributed by atoms with Crippen LogP contribution in [0.4, 0.5) is 0 Å². The Bertz CT molecular complexity index is 518. The maximum absolute atomic E-state index is 10.7. The summed E-state index contributed by atoms with van der Waals surface area (Å²) in [5.74, 6) is 1.58. The van der Waals surface area contributed by atoms with Gasteiger partial charge >= 0.3 is 0 Å². The number of hydrogen-bond acceptors (Lipinski definition) is 2. The van der Waals surface area contributed by atoms with Crippen molar-refractivity contribution in [3.63, 3.8) is 0 Å². The molecule has 2 aliphatic carbocycles. The van der Waals surface area contributed by atoms with Crippen molar-refractivity contribution >= 4 is 6.08 Å². The average molecular weight is 269 g/mol. The van der Waals surface area contributed by atoms with E-state index in [1.165, 1.54) is 36.8 Å². The first-order valence-corrected chi connectivity index (χ1v) is 7.93. The third kappa shape index (κ3) is 2.45. The summed E-state index contributed by atoms with van der Waals surface area (Å²) in [5, 5.41) is 0. The van der Waals surface area contributed by atoms with Crippen molar-refractivity contribution in [3.05, 3.63) is 35.4 Å². The molecule has 0 aliphatic heterocycles. The number of aliphatic imine (C=N–C) groups is 1. The second kappa shape index (κ2) is 5.54. The average Bonchev–Trinajstić information content (AvgIpc) is 2.44. The summed E-state index contributed by atoms with van der Waals surface area (Å²) in [5.41, 5.74) is 2.42. The highest BCUT2D eigenvalue weighted by molar-refractivity contribution is 5.41. The van der Waals surface area contributed by atoms with Gasteiger partial charge < -0.3 is 0 Å². The molecule has 2 aliphatic rings. The van der Waals surface area contributed by atoms with Gasteiger partial charge in [0.1, 0.15) is 0 Å². The van der Waals surface area contributed by atoms with E-state index in [0.29, 0.717) is 5.92 Å². The van der Waals surface area contributed by atoms with Gasteiger partial charge in [0.2, 0.25) is 6.08 Å². The van der Waals surface area contributed by atoms with Crippen LogP contribution >= 0.6 is 0 Å². The van der Waals surface area contributed by atoms with Gasteiger partial charge in [-0.3, -0.25) is 0 Å². The van der Waals surface area contributed by atoms with Gasteiger partial charge in [-0.1, -0.05) is 44.0 Å². The van der Waals surface area contributed by atoms with Crippen LogP contribution in [-0.4, -0.2) is 6.08 Å². The first-order chi connectivity index (χ1) is 9.73.